The summed E-state index contributed by atoms with van der Waals surface area (Å²) in [5.41, 5.74) is -0.00998. The van der Waals surface area contributed by atoms with E-state index in [0.717, 1.165) is 6.07 Å². The van der Waals surface area contributed by atoms with Crippen molar-refractivity contribution in [2.75, 3.05) is 26.2 Å². The molecular weight excluding hydrogens is 312 g/mol. The molecule has 1 aromatic rings. The second kappa shape index (κ2) is 7.29. The highest BCUT2D eigenvalue weighted by atomic mass is 35.5. The van der Waals surface area contributed by atoms with Crippen molar-refractivity contribution in [1.29, 1.82) is 0 Å². The van der Waals surface area contributed by atoms with Crippen LogP contribution in [0.2, 0.25) is 0 Å². The first-order valence-corrected chi connectivity index (χ1v) is 6.37. The van der Waals surface area contributed by atoms with E-state index in [-0.39, 0.29) is 18.0 Å². The fourth-order valence-corrected chi connectivity index (χ4v) is 2.45. The first-order valence-electron chi connectivity index (χ1n) is 6.37. The number of phenols is 1. The molecular formula is C13H17ClF4N2O. The Morgan fingerprint density at radius 1 is 1.24 bits per heavy atom. The molecule has 1 aliphatic rings. The third kappa shape index (κ3) is 4.72. The van der Waals surface area contributed by atoms with Crippen LogP contribution in [0.1, 0.15) is 18.0 Å². The lowest BCUT2D eigenvalue weighted by Gasteiger charge is -2.35. The molecule has 0 spiro atoms. The number of rotatable bonds is 3. The van der Waals surface area contributed by atoms with Crippen molar-refractivity contribution >= 4 is 12.4 Å². The number of piperazine rings is 1. The topological polar surface area (TPSA) is 35.5 Å². The maximum Gasteiger partial charge on any atom is 0.390 e. The van der Waals surface area contributed by atoms with Gasteiger partial charge in [0, 0.05) is 37.8 Å². The third-order valence-corrected chi connectivity index (χ3v) is 3.39. The van der Waals surface area contributed by atoms with Gasteiger partial charge in [0.1, 0.15) is 0 Å². The Bertz CT molecular complexity index is 464. The molecule has 8 heteroatoms. The van der Waals surface area contributed by atoms with Gasteiger partial charge in [-0.15, -0.1) is 12.4 Å². The van der Waals surface area contributed by atoms with Crippen LogP contribution >= 0.6 is 12.4 Å². The van der Waals surface area contributed by atoms with Crippen LogP contribution in [0, 0.1) is 5.82 Å². The molecule has 1 aromatic carbocycles. The summed E-state index contributed by atoms with van der Waals surface area (Å²) in [6, 6.07) is 2.63. The first kappa shape index (κ1) is 18.0. The Morgan fingerprint density at radius 3 is 2.43 bits per heavy atom. The van der Waals surface area contributed by atoms with E-state index in [0.29, 0.717) is 26.2 Å². The largest absolute Gasteiger partial charge is 0.505 e. The number of benzene rings is 1. The Labute approximate surface area is 126 Å². The summed E-state index contributed by atoms with van der Waals surface area (Å²) >= 11 is 0. The van der Waals surface area contributed by atoms with Crippen LogP contribution in [-0.2, 0) is 0 Å². The second-order valence-corrected chi connectivity index (χ2v) is 4.80. The average Bonchev–Trinajstić information content (AvgIpc) is 2.40. The standard InChI is InChI=1S/C13H16F4N2O.ClH/c14-10-3-1-2-9(12(10)20)11(8-13(15,16)17)19-6-4-18-5-7-19;/h1-3,11,18,20H,4-8H2;1H/t11-;/m1./s1. The molecule has 0 aliphatic carbocycles. The van der Waals surface area contributed by atoms with E-state index in [1.807, 2.05) is 0 Å². The summed E-state index contributed by atoms with van der Waals surface area (Å²) in [6.07, 6.45) is -5.49. The second-order valence-electron chi connectivity index (χ2n) is 4.80. The molecule has 0 aromatic heterocycles. The van der Waals surface area contributed by atoms with E-state index in [1.54, 1.807) is 4.90 Å². The van der Waals surface area contributed by atoms with Crippen LogP contribution in [0.4, 0.5) is 17.6 Å². The summed E-state index contributed by atoms with van der Waals surface area (Å²) in [6.45, 7) is 2.00. The summed E-state index contributed by atoms with van der Waals surface area (Å²) < 4.78 is 51.7. The van der Waals surface area contributed by atoms with Crippen LogP contribution in [0.15, 0.2) is 18.2 Å². The summed E-state index contributed by atoms with van der Waals surface area (Å²) in [7, 11) is 0. The van der Waals surface area contributed by atoms with Gasteiger partial charge in [0.25, 0.3) is 0 Å². The predicted octanol–water partition coefficient (Wildman–Crippen LogP) is 2.85. The highest BCUT2D eigenvalue weighted by Crippen LogP contribution is 2.38. The summed E-state index contributed by atoms with van der Waals surface area (Å²) in [5.74, 6) is -1.59. The van der Waals surface area contributed by atoms with Gasteiger partial charge in [-0.2, -0.15) is 13.2 Å². The minimum absolute atomic E-state index is 0. The number of hydrogen-bond donors (Lipinski definition) is 2. The van der Waals surface area contributed by atoms with Gasteiger partial charge in [-0.05, 0) is 6.07 Å². The maximum absolute atomic E-state index is 13.4. The van der Waals surface area contributed by atoms with E-state index in [4.69, 9.17) is 0 Å². The van der Waals surface area contributed by atoms with Gasteiger partial charge in [0.05, 0.1) is 6.42 Å². The first-order chi connectivity index (χ1) is 9.38. The van der Waals surface area contributed by atoms with Crippen LogP contribution in [0.3, 0.4) is 0 Å². The van der Waals surface area contributed by atoms with Gasteiger partial charge in [0.15, 0.2) is 11.6 Å². The molecule has 0 unspecified atom stereocenters. The fourth-order valence-electron chi connectivity index (χ4n) is 2.45. The number of hydrogen-bond acceptors (Lipinski definition) is 3. The number of halogens is 5. The van der Waals surface area contributed by atoms with Crippen molar-refractivity contribution in [2.24, 2.45) is 0 Å². The predicted molar refractivity (Wildman–Crippen MR) is 73.2 cm³/mol. The van der Waals surface area contributed by atoms with E-state index in [9.17, 15) is 22.7 Å². The lowest BCUT2D eigenvalue weighted by atomic mass is 9.99. The maximum atomic E-state index is 13.4. The zero-order valence-corrected chi connectivity index (χ0v) is 12.0. The lowest BCUT2D eigenvalue weighted by molar-refractivity contribution is -0.148. The number of alkyl halides is 3. The van der Waals surface area contributed by atoms with Gasteiger partial charge in [-0.25, -0.2) is 4.39 Å². The highest BCUT2D eigenvalue weighted by Gasteiger charge is 2.37. The molecule has 1 fully saturated rings. The van der Waals surface area contributed by atoms with Gasteiger partial charge < -0.3 is 10.4 Å². The van der Waals surface area contributed by atoms with Crippen molar-refractivity contribution in [2.45, 2.75) is 18.6 Å². The van der Waals surface area contributed by atoms with E-state index in [2.05, 4.69) is 5.32 Å². The molecule has 0 saturated carbocycles. The Balaban J connectivity index is 0.00000220. The monoisotopic (exact) mass is 328 g/mol. The van der Waals surface area contributed by atoms with E-state index in [1.165, 1.54) is 12.1 Å². The lowest BCUT2D eigenvalue weighted by Crippen LogP contribution is -2.46. The van der Waals surface area contributed by atoms with Crippen molar-refractivity contribution in [3.63, 3.8) is 0 Å². The molecule has 1 heterocycles. The highest BCUT2D eigenvalue weighted by molar-refractivity contribution is 5.85. The number of nitrogens with zero attached hydrogens (tertiary/aromatic N) is 1. The minimum Gasteiger partial charge on any atom is -0.505 e. The molecule has 1 atom stereocenters. The van der Waals surface area contributed by atoms with Gasteiger partial charge in [0.2, 0.25) is 0 Å². The van der Waals surface area contributed by atoms with Crippen LogP contribution < -0.4 is 5.32 Å². The molecule has 21 heavy (non-hydrogen) atoms. The normalized spacial score (nSPS) is 18.1. The molecule has 120 valence electrons. The SMILES string of the molecule is Cl.Oc1c(F)cccc1[C@@H](CC(F)(F)F)N1CCNCC1. The van der Waals surface area contributed by atoms with Crippen LogP contribution in [0.5, 0.6) is 5.75 Å². The molecule has 0 radical (unpaired) electrons. The van der Waals surface area contributed by atoms with E-state index < -0.39 is 30.2 Å². The average molecular weight is 329 g/mol. The smallest absolute Gasteiger partial charge is 0.390 e. The minimum atomic E-state index is -4.38. The Morgan fingerprint density at radius 2 is 1.86 bits per heavy atom. The van der Waals surface area contributed by atoms with Crippen LogP contribution in [-0.4, -0.2) is 42.4 Å². The van der Waals surface area contributed by atoms with Crippen LogP contribution in [0.25, 0.3) is 0 Å². The Kier molecular flexibility index (Phi) is 6.24. The van der Waals surface area contributed by atoms with Gasteiger partial charge in [-0.3, -0.25) is 4.90 Å². The molecule has 0 amide bonds. The van der Waals surface area contributed by atoms with E-state index >= 15 is 0 Å². The van der Waals surface area contributed by atoms with Crippen molar-refractivity contribution < 1.29 is 22.7 Å². The zero-order valence-electron chi connectivity index (χ0n) is 11.2. The fraction of sp³-hybridized carbons (Fsp3) is 0.538. The molecule has 2 N–H and O–H groups in total. The zero-order chi connectivity index (χ0) is 14.8. The Hall–Kier alpha value is -1.05. The molecule has 0 bridgehead atoms. The number of aromatic hydroxyl groups is 1. The number of para-hydroxylation sites is 1. The quantitative estimate of drug-likeness (QED) is 0.838. The molecule has 3 nitrogen and oxygen atoms in total. The number of phenolic OH excluding ortho intramolecular Hbond substituents is 1. The summed E-state index contributed by atoms with van der Waals surface area (Å²) in [5, 5.41) is 12.8. The van der Waals surface area contributed by atoms with Crippen molar-refractivity contribution in [1.82, 2.24) is 10.2 Å². The number of nitrogens with one attached hydrogen (secondary N) is 1. The van der Waals surface area contributed by atoms with Gasteiger partial charge >= 0.3 is 6.18 Å². The molecule has 2 rings (SSSR count). The summed E-state index contributed by atoms with van der Waals surface area (Å²) in [4.78, 5) is 1.62. The molecule has 1 aliphatic heterocycles. The van der Waals surface area contributed by atoms with Gasteiger partial charge in [-0.1, -0.05) is 12.1 Å². The third-order valence-electron chi connectivity index (χ3n) is 3.39. The molecule has 1 saturated heterocycles. The van der Waals surface area contributed by atoms with Crippen molar-refractivity contribution in [3.8, 4) is 5.75 Å². The van der Waals surface area contributed by atoms with Crippen molar-refractivity contribution in [3.05, 3.63) is 29.6 Å².